The van der Waals surface area contributed by atoms with Gasteiger partial charge in [-0.25, -0.2) is 0 Å². The molecule has 0 aliphatic carbocycles. The number of aromatic nitrogens is 3. The smallest absolute Gasteiger partial charge is 0.245 e. The van der Waals surface area contributed by atoms with Gasteiger partial charge in [0.2, 0.25) is 55.7 Å². The Morgan fingerprint density at radius 3 is 1.26 bits per heavy atom. The highest BCUT2D eigenvalue weighted by Gasteiger charge is 2.51. The summed E-state index contributed by atoms with van der Waals surface area (Å²) in [6.45, 7) is -28.4. The summed E-state index contributed by atoms with van der Waals surface area (Å²) in [5, 5.41) is -1.08. The van der Waals surface area contributed by atoms with Crippen molar-refractivity contribution in [3.8, 4) is 34.5 Å². The van der Waals surface area contributed by atoms with Crippen LogP contribution in [0.25, 0.3) is 32.7 Å². The van der Waals surface area contributed by atoms with Crippen LogP contribution >= 0.6 is 0 Å². The molecule has 9 aromatic rings. The molecule has 0 spiro atoms. The van der Waals surface area contributed by atoms with Gasteiger partial charge in [-0.05, 0) is 87.8 Å². The lowest BCUT2D eigenvalue weighted by Crippen LogP contribution is -2.62. The van der Waals surface area contributed by atoms with E-state index in [9.17, 15) is 32.9 Å². The highest BCUT2D eigenvalue weighted by molar-refractivity contribution is 6.00. The van der Waals surface area contributed by atoms with Gasteiger partial charge in [-0.15, -0.1) is 0 Å². The van der Waals surface area contributed by atoms with Crippen molar-refractivity contribution in [2.24, 2.45) is 0 Å². The molecule has 18 rings (SSSR count). The maximum absolute atomic E-state index is 14.1. The van der Waals surface area contributed by atoms with Crippen LogP contribution in [0.15, 0.2) is 127 Å². The molecule has 12 heterocycles. The van der Waals surface area contributed by atoms with E-state index < -0.39 is 359 Å². The van der Waals surface area contributed by atoms with Crippen molar-refractivity contribution in [2.75, 3.05) is 60.7 Å². The number of H-pyrrole nitrogens is 3. The van der Waals surface area contributed by atoms with E-state index in [1.54, 1.807) is 6.07 Å². The Hall–Kier alpha value is -10.4. The molecule has 0 unspecified atom stereocenters. The molecule has 0 bridgehead atoms. The van der Waals surface area contributed by atoms with Gasteiger partial charge in [0, 0.05) is 110 Å². The van der Waals surface area contributed by atoms with Crippen molar-refractivity contribution < 1.29 is 119 Å². The number of fused-ring (bicyclic) bond motifs is 15. The van der Waals surface area contributed by atoms with E-state index in [2.05, 4.69) is 15.0 Å². The van der Waals surface area contributed by atoms with Crippen molar-refractivity contribution >= 4 is 68.2 Å². The fraction of sp³-hybridized carbons (Fsp3) is 0.273. The zero-order valence-corrected chi connectivity index (χ0v) is 42.8. The number of hydrogen-bond donors (Lipinski definition) is 3. The van der Waals surface area contributed by atoms with E-state index in [1.165, 1.54) is 18.2 Å². The molecule has 0 saturated carbocycles. The fourth-order valence-electron chi connectivity index (χ4n) is 10.5. The molecule has 3 saturated heterocycles. The standard InChI is InChI=1S/3C22H19N3O4/c3*1-24-10-19(26)25-16(22(24)27)9-14-13-4-2-3-5-15(13)23-20(14)21(25)12-6-7-17-18(8-12)29-11-28-17/h3*2-8,16,21,23H,9-11H2,1H3/t3*16-,21-/m111/s1/i1D3,2D,3D,4D,5D,6D,7D,8D,9D2,10D2,11D2,21D;1D3,2D,3D,4D,5D,6D,7D,8D,9D2,10D2,21D;1D3,6D,7D,8D,9D2,10D2,11D2,21D. The maximum Gasteiger partial charge on any atom is 0.245 e. The minimum Gasteiger partial charge on any atom is -0.454 e. The third kappa shape index (κ3) is 8.18. The van der Waals surface area contributed by atoms with Crippen LogP contribution in [-0.2, 0) is 47.9 Å². The molecule has 3 fully saturated rings. The quantitative estimate of drug-likeness (QED) is 0.170. The van der Waals surface area contributed by atoms with Gasteiger partial charge in [-0.3, -0.25) is 28.8 Å². The summed E-state index contributed by atoms with van der Waals surface area (Å²) in [7, 11) is 0. The average molecular weight is 1210 g/mol. The lowest BCUT2D eigenvalue weighted by Gasteiger charge is -2.46. The lowest BCUT2D eigenvalue weighted by atomic mass is 9.86. The van der Waals surface area contributed by atoms with E-state index >= 15 is 0 Å². The van der Waals surface area contributed by atoms with Crippen LogP contribution < -0.4 is 28.4 Å². The Kier molecular flexibility index (Phi) is 5.34. The molecule has 21 nitrogen and oxygen atoms in total. The van der Waals surface area contributed by atoms with Crippen molar-refractivity contribution in [3.63, 3.8) is 0 Å². The van der Waals surface area contributed by atoms with Gasteiger partial charge < -0.3 is 72.8 Å². The molecule has 3 N–H and O–H groups in total. The molecule has 6 atom stereocenters. The SMILES string of the molecule is [2H]c1c([2H])c([C@]2([2H])c3[nH]c4c([2H])c([2H])c([2H])c([2H])c4c3C([2H])([2H])[C@@H]3C(=O)N(C([2H])([2H])[2H])C([2H])([2H])C(=O)N32)c([2H])c2c1OC([2H])([2H])O2.[2H]c1c([2H])c([C@]2([2H])c3[nH]c4c([2H])c([2H])c([2H])c([2H])c4c3C([2H])([2H])[C@@H]3C(=O)N(C([2H])([2H])[2H])C([2H])([2H])C(=O)N32)c([2H])c2c1OCO2.[2H]c1c([2H])c([C@]2([2H])c3[nH]c4ccccc4c3C([2H])([2H])[C@@H]3C(=O)N(C([2H])([2H])[2H])C([2H])([2H])C(=O)N32)c([2H])c2c1OC([2H])([2H])O2. The molecule has 6 aromatic carbocycles. The molecule has 3 aromatic heterocycles. The predicted molar refractivity (Wildman–Crippen MR) is 314 cm³/mol. The molecular formula is C66H57N9O12. The van der Waals surface area contributed by atoms with Crippen LogP contribution in [0.4, 0.5) is 0 Å². The first-order valence-corrected chi connectivity index (χ1v) is 25.0. The summed E-state index contributed by atoms with van der Waals surface area (Å²) in [4.78, 5) is 90.5. The number of para-hydroxylation sites is 3. The van der Waals surface area contributed by atoms with E-state index in [4.69, 9.17) is 86.0 Å². The van der Waals surface area contributed by atoms with Crippen LogP contribution in [0.5, 0.6) is 34.5 Å². The topological polar surface area (TPSA) is 225 Å². The number of ether oxygens (including phenoxy) is 6. The lowest BCUT2D eigenvalue weighted by molar-refractivity contribution is -0.157. The number of piperazine rings is 3. The van der Waals surface area contributed by atoms with Gasteiger partial charge in [0.1, 0.15) is 23.6 Å². The Bertz CT molecular complexity index is 6790. The van der Waals surface area contributed by atoms with Crippen LogP contribution in [0.3, 0.4) is 0 Å². The van der Waals surface area contributed by atoms with Crippen LogP contribution in [0.1, 0.15) is 130 Å². The molecular weight excluding hydrogens is 1110 g/mol. The highest BCUT2D eigenvalue weighted by Crippen LogP contribution is 2.49. The van der Waals surface area contributed by atoms with Gasteiger partial charge in [0.05, 0.1) is 73.2 Å². The Morgan fingerprint density at radius 1 is 0.448 bits per heavy atom. The van der Waals surface area contributed by atoms with Crippen molar-refractivity contribution in [2.45, 2.75) is 55.3 Å². The third-order valence-electron chi connectivity index (χ3n) is 14.2. The second-order valence-electron chi connectivity index (χ2n) is 18.9. The minimum atomic E-state index is -3.80. The van der Waals surface area contributed by atoms with Crippen molar-refractivity contribution in [3.05, 3.63) is 177 Å². The Labute approximate surface area is 560 Å². The summed E-state index contributed by atoms with van der Waals surface area (Å²) in [6, 6.07) is -26.5. The first-order chi connectivity index (χ1) is 60.2. The summed E-state index contributed by atoms with van der Waals surface area (Å²) >= 11 is 0. The van der Waals surface area contributed by atoms with Crippen molar-refractivity contribution in [1.29, 1.82) is 0 Å². The molecule has 87 heavy (non-hydrogen) atoms. The number of carbonyl (C=O) groups excluding carboxylic acids is 6. The van der Waals surface area contributed by atoms with Crippen LogP contribution in [0.2, 0.25) is 0 Å². The number of rotatable bonds is 3. The number of carbonyl (C=O) groups is 6. The summed E-state index contributed by atoms with van der Waals surface area (Å²) < 4.78 is 410. The Morgan fingerprint density at radius 2 is 0.816 bits per heavy atom. The van der Waals surface area contributed by atoms with Gasteiger partial charge in [-0.2, -0.15) is 0 Å². The predicted octanol–water partition coefficient (Wildman–Crippen LogP) is 6.63. The number of amides is 6. The monoisotopic (exact) mass is 1210 g/mol. The van der Waals surface area contributed by atoms with E-state index in [0.29, 0.717) is 0 Å². The van der Waals surface area contributed by atoms with Gasteiger partial charge in [-0.1, -0.05) is 72.6 Å². The maximum atomic E-state index is 14.1. The van der Waals surface area contributed by atoms with Gasteiger partial charge in [0.15, 0.2) is 34.5 Å². The number of aromatic amines is 3. The zero-order valence-electron chi connectivity index (χ0n) is 87.8. The minimum absolute atomic E-state index is 0.0204. The molecule has 21 heteroatoms. The molecule has 0 radical (unpaired) electrons. The summed E-state index contributed by atoms with van der Waals surface area (Å²) in [5.41, 5.74) is -7.84. The number of likely N-dealkylation sites (N-methyl/N-ethyl adjacent to an activating group) is 3. The Balaban J connectivity index is 0.000000145. The van der Waals surface area contributed by atoms with Crippen molar-refractivity contribution in [1.82, 2.24) is 44.4 Å². The second kappa shape index (κ2) is 19.8. The summed E-state index contributed by atoms with van der Waals surface area (Å²) in [5.74, 6) is -14.9. The molecule has 9 aliphatic rings. The van der Waals surface area contributed by atoms with E-state index in [-0.39, 0.29) is 41.8 Å². The average Bonchev–Trinajstić information content (AvgIpc) is 1.40. The van der Waals surface area contributed by atoms with Gasteiger partial charge >= 0.3 is 0 Å². The first kappa shape index (κ1) is 23.4. The number of benzene rings is 6. The van der Waals surface area contributed by atoms with Crippen LogP contribution in [-0.4, -0.2) is 159 Å². The second-order valence-corrected chi connectivity index (χ2v) is 18.9. The number of nitrogens with one attached hydrogen (secondary N) is 3. The first-order valence-electron chi connectivity index (χ1n) is 47.5. The van der Waals surface area contributed by atoms with Gasteiger partial charge in [0.25, 0.3) is 0 Å². The highest BCUT2D eigenvalue weighted by atomic mass is 16.7. The molecule has 6 amide bonds. The normalized spacial score (nSPS) is 37.9. The fourth-order valence-corrected chi connectivity index (χ4v) is 10.5. The zero-order chi connectivity index (χ0) is 98.5. The molecule has 438 valence electrons. The van der Waals surface area contributed by atoms with E-state index in [0.717, 1.165) is 0 Å². The number of hydrogen-bond acceptors (Lipinski definition) is 12. The summed E-state index contributed by atoms with van der Waals surface area (Å²) in [6.07, 6.45) is -9.53. The third-order valence-corrected chi connectivity index (χ3v) is 14.2. The molecule has 9 aliphatic heterocycles. The van der Waals surface area contributed by atoms with E-state index in [1.807, 2.05) is 0 Å². The number of nitrogens with zero attached hydrogens (tertiary/aromatic N) is 6. The largest absolute Gasteiger partial charge is 0.454 e. The van der Waals surface area contributed by atoms with Crippen LogP contribution in [0, 0.1) is 0 Å².